The summed E-state index contributed by atoms with van der Waals surface area (Å²) in [7, 11) is 1.60. The number of fused-ring (bicyclic) bond motifs is 1. The lowest BCUT2D eigenvalue weighted by atomic mass is 10.1. The fourth-order valence-corrected chi connectivity index (χ4v) is 2.03. The summed E-state index contributed by atoms with van der Waals surface area (Å²) in [6, 6.07) is 5.71. The standard InChI is InChI=1S/C11H11BrN2O/c1-6-7-3-4-10(15-2)14-9(7)5-8(12)11(6)13/h3-5H,13H2,1-2H3. The molecule has 2 N–H and O–H groups in total. The summed E-state index contributed by atoms with van der Waals surface area (Å²) < 4.78 is 5.94. The Bertz CT molecular complexity index is 525. The number of hydrogen-bond acceptors (Lipinski definition) is 3. The van der Waals surface area contributed by atoms with Crippen molar-refractivity contribution < 1.29 is 4.74 Å². The number of nitrogens with two attached hydrogens (primary N) is 1. The fourth-order valence-electron chi connectivity index (χ4n) is 1.52. The number of nitrogens with zero attached hydrogens (tertiary/aromatic N) is 1. The van der Waals surface area contributed by atoms with E-state index in [1.807, 2.05) is 25.1 Å². The molecule has 0 radical (unpaired) electrons. The second-order valence-electron chi connectivity index (χ2n) is 3.32. The van der Waals surface area contributed by atoms with Crippen LogP contribution in [0.3, 0.4) is 0 Å². The third-order valence-corrected chi connectivity index (χ3v) is 3.09. The summed E-state index contributed by atoms with van der Waals surface area (Å²) in [5.74, 6) is 0.610. The SMILES string of the molecule is COc1ccc2c(C)c(N)c(Br)cc2n1. The highest BCUT2D eigenvalue weighted by atomic mass is 79.9. The van der Waals surface area contributed by atoms with Crippen molar-refractivity contribution in [1.29, 1.82) is 0 Å². The highest BCUT2D eigenvalue weighted by Crippen LogP contribution is 2.30. The first-order chi connectivity index (χ1) is 7.13. The Kier molecular flexibility index (Phi) is 2.52. The van der Waals surface area contributed by atoms with Gasteiger partial charge in [0, 0.05) is 21.6 Å². The molecule has 0 spiro atoms. The topological polar surface area (TPSA) is 48.1 Å². The number of halogens is 1. The summed E-state index contributed by atoms with van der Waals surface area (Å²) in [6.07, 6.45) is 0. The molecule has 4 heteroatoms. The van der Waals surface area contributed by atoms with E-state index in [4.69, 9.17) is 10.5 Å². The van der Waals surface area contributed by atoms with Crippen LogP contribution in [0, 0.1) is 6.92 Å². The Morgan fingerprint density at radius 2 is 2.13 bits per heavy atom. The first-order valence-electron chi connectivity index (χ1n) is 4.53. The van der Waals surface area contributed by atoms with E-state index in [9.17, 15) is 0 Å². The third kappa shape index (κ3) is 1.65. The van der Waals surface area contributed by atoms with E-state index in [-0.39, 0.29) is 0 Å². The van der Waals surface area contributed by atoms with Crippen LogP contribution < -0.4 is 10.5 Å². The maximum atomic E-state index is 5.91. The van der Waals surface area contributed by atoms with E-state index in [2.05, 4.69) is 20.9 Å². The van der Waals surface area contributed by atoms with Crippen molar-refractivity contribution >= 4 is 32.5 Å². The van der Waals surface area contributed by atoms with Gasteiger partial charge >= 0.3 is 0 Å². The Hall–Kier alpha value is -1.29. The molecule has 1 aromatic carbocycles. The lowest BCUT2D eigenvalue weighted by Crippen LogP contribution is -1.95. The van der Waals surface area contributed by atoms with Crippen LogP contribution in [0.5, 0.6) is 5.88 Å². The van der Waals surface area contributed by atoms with Crippen molar-refractivity contribution in [3.63, 3.8) is 0 Å². The zero-order valence-corrected chi connectivity index (χ0v) is 10.1. The Morgan fingerprint density at radius 1 is 1.40 bits per heavy atom. The van der Waals surface area contributed by atoms with Gasteiger partial charge in [-0.15, -0.1) is 0 Å². The van der Waals surface area contributed by atoms with Gasteiger partial charge in [0.15, 0.2) is 0 Å². The molecule has 1 aromatic heterocycles. The van der Waals surface area contributed by atoms with Crippen molar-refractivity contribution in [3.8, 4) is 5.88 Å². The Morgan fingerprint density at radius 3 is 2.80 bits per heavy atom. The molecule has 0 unspecified atom stereocenters. The van der Waals surface area contributed by atoms with Crippen molar-refractivity contribution in [2.75, 3.05) is 12.8 Å². The summed E-state index contributed by atoms with van der Waals surface area (Å²) >= 11 is 3.41. The van der Waals surface area contributed by atoms with Gasteiger partial charge in [0.05, 0.1) is 12.6 Å². The Balaban J connectivity index is 2.80. The predicted octanol–water partition coefficient (Wildman–Crippen LogP) is 2.90. The van der Waals surface area contributed by atoms with Gasteiger partial charge in [-0.3, -0.25) is 0 Å². The van der Waals surface area contributed by atoms with Gasteiger partial charge in [-0.05, 0) is 40.5 Å². The molecule has 0 fully saturated rings. The lowest BCUT2D eigenvalue weighted by Gasteiger charge is -2.08. The largest absolute Gasteiger partial charge is 0.481 e. The molecule has 1 heterocycles. The number of benzene rings is 1. The normalized spacial score (nSPS) is 10.6. The van der Waals surface area contributed by atoms with Crippen molar-refractivity contribution in [2.45, 2.75) is 6.92 Å². The van der Waals surface area contributed by atoms with Crippen LogP contribution >= 0.6 is 15.9 Å². The molecule has 0 saturated heterocycles. The molecule has 0 saturated carbocycles. The number of aromatic nitrogens is 1. The minimum Gasteiger partial charge on any atom is -0.481 e. The molecule has 0 bridgehead atoms. The van der Waals surface area contributed by atoms with Crippen LogP contribution in [0.2, 0.25) is 0 Å². The zero-order valence-electron chi connectivity index (χ0n) is 8.54. The Labute approximate surface area is 96.4 Å². The molecule has 0 amide bonds. The average Bonchev–Trinajstić information content (AvgIpc) is 2.25. The number of anilines is 1. The number of ether oxygens (including phenoxy) is 1. The van der Waals surface area contributed by atoms with Gasteiger partial charge < -0.3 is 10.5 Å². The number of hydrogen-bond donors (Lipinski definition) is 1. The minimum atomic E-state index is 0.610. The molecule has 78 valence electrons. The maximum absolute atomic E-state index is 5.91. The second-order valence-corrected chi connectivity index (χ2v) is 4.17. The molecular weight excluding hydrogens is 256 g/mol. The molecule has 0 aliphatic carbocycles. The van der Waals surface area contributed by atoms with Crippen LogP contribution in [-0.4, -0.2) is 12.1 Å². The number of nitrogen functional groups attached to an aromatic ring is 1. The van der Waals surface area contributed by atoms with Gasteiger partial charge in [0.2, 0.25) is 5.88 Å². The van der Waals surface area contributed by atoms with E-state index in [0.29, 0.717) is 5.88 Å². The van der Waals surface area contributed by atoms with Crippen LogP contribution in [-0.2, 0) is 0 Å². The summed E-state index contributed by atoms with van der Waals surface area (Å²) in [6.45, 7) is 1.98. The lowest BCUT2D eigenvalue weighted by molar-refractivity contribution is 0.399. The zero-order chi connectivity index (χ0) is 11.0. The van der Waals surface area contributed by atoms with Crippen molar-refractivity contribution in [3.05, 3.63) is 28.2 Å². The second kappa shape index (κ2) is 3.70. The van der Waals surface area contributed by atoms with Gasteiger partial charge in [-0.1, -0.05) is 0 Å². The minimum absolute atomic E-state index is 0.610. The van der Waals surface area contributed by atoms with E-state index >= 15 is 0 Å². The first-order valence-corrected chi connectivity index (χ1v) is 5.32. The van der Waals surface area contributed by atoms with Gasteiger partial charge in [0.1, 0.15) is 0 Å². The van der Waals surface area contributed by atoms with Crippen LogP contribution in [0.1, 0.15) is 5.56 Å². The van der Waals surface area contributed by atoms with Crippen molar-refractivity contribution in [2.24, 2.45) is 0 Å². The van der Waals surface area contributed by atoms with Crippen LogP contribution in [0.25, 0.3) is 10.9 Å². The number of methoxy groups -OCH3 is 1. The highest BCUT2D eigenvalue weighted by Gasteiger charge is 2.07. The van der Waals surface area contributed by atoms with E-state index < -0.39 is 0 Å². The molecular formula is C11H11BrN2O. The maximum Gasteiger partial charge on any atom is 0.213 e. The molecule has 0 atom stereocenters. The van der Waals surface area contributed by atoms with E-state index in [1.54, 1.807) is 7.11 Å². The summed E-state index contributed by atoms with van der Waals surface area (Å²) in [5, 5.41) is 1.05. The molecule has 0 aliphatic heterocycles. The van der Waals surface area contributed by atoms with Crippen LogP contribution in [0.4, 0.5) is 5.69 Å². The van der Waals surface area contributed by atoms with E-state index in [1.165, 1.54) is 0 Å². The number of rotatable bonds is 1. The number of pyridine rings is 1. The smallest absolute Gasteiger partial charge is 0.213 e. The third-order valence-electron chi connectivity index (χ3n) is 2.44. The summed E-state index contributed by atoms with van der Waals surface area (Å²) in [4.78, 5) is 4.35. The van der Waals surface area contributed by atoms with Gasteiger partial charge in [0.25, 0.3) is 0 Å². The van der Waals surface area contributed by atoms with Gasteiger partial charge in [-0.25, -0.2) is 4.98 Å². The fraction of sp³-hybridized carbons (Fsp3) is 0.182. The quantitative estimate of drug-likeness (QED) is 0.808. The highest BCUT2D eigenvalue weighted by molar-refractivity contribution is 9.10. The summed E-state index contributed by atoms with van der Waals surface area (Å²) in [5.41, 5.74) is 8.59. The van der Waals surface area contributed by atoms with Crippen LogP contribution in [0.15, 0.2) is 22.7 Å². The molecule has 2 aromatic rings. The van der Waals surface area contributed by atoms with E-state index in [0.717, 1.165) is 26.6 Å². The monoisotopic (exact) mass is 266 g/mol. The molecule has 3 nitrogen and oxygen atoms in total. The van der Waals surface area contributed by atoms with Crippen molar-refractivity contribution in [1.82, 2.24) is 4.98 Å². The predicted molar refractivity (Wildman–Crippen MR) is 65.1 cm³/mol. The molecule has 15 heavy (non-hydrogen) atoms. The molecule has 0 aliphatic rings. The molecule has 2 rings (SSSR count). The number of aryl methyl sites for hydroxylation is 1. The van der Waals surface area contributed by atoms with Gasteiger partial charge in [-0.2, -0.15) is 0 Å². The first kappa shape index (κ1) is 10.2. The average molecular weight is 267 g/mol.